The molecule has 0 saturated heterocycles. The van der Waals surface area contributed by atoms with Crippen molar-refractivity contribution in [1.82, 2.24) is 0 Å². The first kappa shape index (κ1) is 13.6. The predicted octanol–water partition coefficient (Wildman–Crippen LogP) is 1.94. The third kappa shape index (κ3) is 7.95. The molecule has 0 aromatic heterocycles. The van der Waals surface area contributed by atoms with Gasteiger partial charge >= 0.3 is 0 Å². The Bertz CT molecular complexity index is 109. The Morgan fingerprint density at radius 1 is 1.64 bits per heavy atom. The van der Waals surface area contributed by atoms with Crippen LogP contribution in [0.2, 0.25) is 0 Å². The molecule has 1 atom stereocenters. The second-order valence-corrected chi connectivity index (χ2v) is 2.79. The topological polar surface area (TPSA) is 43.1 Å². The number of amides is 1. The quantitative estimate of drug-likeness (QED) is 0.677. The Hall–Kier alpha value is 0.0500. The van der Waals surface area contributed by atoms with Gasteiger partial charge in [-0.25, -0.2) is 0 Å². The molecule has 0 radical (unpaired) electrons. The van der Waals surface area contributed by atoms with Crippen molar-refractivity contribution < 1.29 is 4.79 Å². The van der Waals surface area contributed by atoms with Crippen LogP contribution in [-0.4, -0.2) is 11.8 Å². The summed E-state index contributed by atoms with van der Waals surface area (Å²) >= 11 is 5.58. The first-order valence-electron chi connectivity index (χ1n) is 3.55. The van der Waals surface area contributed by atoms with E-state index in [1.54, 1.807) is 0 Å². The van der Waals surface area contributed by atoms with Crippen molar-refractivity contribution in [3.63, 3.8) is 0 Å². The van der Waals surface area contributed by atoms with E-state index in [9.17, 15) is 4.79 Å². The minimum Gasteiger partial charge on any atom is -0.370 e. The van der Waals surface area contributed by atoms with Crippen LogP contribution in [0, 0.1) is 5.92 Å². The van der Waals surface area contributed by atoms with Gasteiger partial charge in [0.05, 0.1) is 0 Å². The summed E-state index contributed by atoms with van der Waals surface area (Å²) in [7, 11) is 0. The molecule has 68 valence electrons. The summed E-state index contributed by atoms with van der Waals surface area (Å²) in [6.07, 6.45) is 2.48. The first-order chi connectivity index (χ1) is 4.70. The smallest absolute Gasteiger partial charge is 0.217 e. The number of hydrogen-bond donors (Lipinski definition) is 1. The maximum Gasteiger partial charge on any atom is 0.217 e. The zero-order valence-corrected chi connectivity index (χ0v) is 8.25. The molecule has 0 bridgehead atoms. The van der Waals surface area contributed by atoms with E-state index in [2.05, 4.69) is 6.92 Å². The first-order valence-corrected chi connectivity index (χ1v) is 4.08. The van der Waals surface area contributed by atoms with Gasteiger partial charge in [0.25, 0.3) is 0 Å². The van der Waals surface area contributed by atoms with Crippen LogP contribution in [0.4, 0.5) is 0 Å². The van der Waals surface area contributed by atoms with E-state index in [1.165, 1.54) is 0 Å². The second kappa shape index (κ2) is 8.15. The van der Waals surface area contributed by atoms with E-state index in [-0.39, 0.29) is 24.2 Å². The monoisotopic (exact) mass is 199 g/mol. The number of rotatable bonds is 5. The van der Waals surface area contributed by atoms with Crippen LogP contribution in [0.5, 0.6) is 0 Å². The second-order valence-electron chi connectivity index (χ2n) is 2.48. The summed E-state index contributed by atoms with van der Waals surface area (Å²) in [6.45, 7) is 2.07. The lowest BCUT2D eigenvalue weighted by atomic mass is 10.0. The van der Waals surface area contributed by atoms with Crippen molar-refractivity contribution in [2.24, 2.45) is 11.7 Å². The molecule has 0 aliphatic heterocycles. The number of nitrogens with two attached hydrogens (primary N) is 1. The van der Waals surface area contributed by atoms with Gasteiger partial charge in [-0.15, -0.1) is 24.0 Å². The van der Waals surface area contributed by atoms with Gasteiger partial charge in [-0.3, -0.25) is 4.79 Å². The molecule has 0 fully saturated rings. The molecule has 0 saturated carbocycles. The average molecular weight is 200 g/mol. The predicted molar refractivity (Wildman–Crippen MR) is 50.2 cm³/mol. The molecule has 0 rings (SSSR count). The minimum atomic E-state index is -0.251. The fourth-order valence-electron chi connectivity index (χ4n) is 0.927. The van der Waals surface area contributed by atoms with Crippen molar-refractivity contribution >= 4 is 29.9 Å². The van der Waals surface area contributed by atoms with E-state index < -0.39 is 0 Å². The van der Waals surface area contributed by atoms with Crippen LogP contribution in [0.3, 0.4) is 0 Å². The van der Waals surface area contributed by atoms with Gasteiger partial charge < -0.3 is 5.73 Å². The Morgan fingerprint density at radius 3 is 2.45 bits per heavy atom. The van der Waals surface area contributed by atoms with Crippen LogP contribution in [0.25, 0.3) is 0 Å². The molecule has 0 aromatic carbocycles. The molecule has 0 heterocycles. The van der Waals surface area contributed by atoms with Crippen LogP contribution < -0.4 is 5.73 Å². The maximum atomic E-state index is 10.4. The van der Waals surface area contributed by atoms with Gasteiger partial charge in [0.15, 0.2) is 0 Å². The van der Waals surface area contributed by atoms with Gasteiger partial charge in [0, 0.05) is 12.3 Å². The highest BCUT2D eigenvalue weighted by atomic mass is 35.5. The fraction of sp³-hybridized carbons (Fsp3) is 0.857. The average Bonchev–Trinajstić information content (AvgIpc) is 1.86. The van der Waals surface area contributed by atoms with Gasteiger partial charge in [-0.05, 0) is 12.3 Å². The van der Waals surface area contributed by atoms with Crippen molar-refractivity contribution in [3.8, 4) is 0 Å². The number of alkyl halides is 1. The van der Waals surface area contributed by atoms with Crippen LogP contribution in [0.1, 0.15) is 26.2 Å². The molecule has 1 amide bonds. The third-order valence-corrected chi connectivity index (χ3v) is 1.84. The lowest BCUT2D eigenvalue weighted by molar-refractivity contribution is -0.118. The van der Waals surface area contributed by atoms with Gasteiger partial charge in [-0.2, -0.15) is 0 Å². The third-order valence-electron chi connectivity index (χ3n) is 1.41. The van der Waals surface area contributed by atoms with Crippen molar-refractivity contribution in [1.29, 1.82) is 0 Å². The Labute approximate surface area is 78.9 Å². The Morgan fingerprint density at radius 2 is 2.18 bits per heavy atom. The standard InChI is InChI=1S/C7H14ClNO.ClH/c1-2-3-6(5-8)4-7(9)10;/h6H,2-5H2,1H3,(H2,9,10);1H/t6-;/m1./s1. The highest BCUT2D eigenvalue weighted by Gasteiger charge is 2.08. The van der Waals surface area contributed by atoms with Crippen molar-refractivity contribution in [2.45, 2.75) is 26.2 Å². The van der Waals surface area contributed by atoms with Crippen LogP contribution in [-0.2, 0) is 4.79 Å². The number of hydrogen-bond acceptors (Lipinski definition) is 1. The minimum absolute atomic E-state index is 0. The van der Waals surface area contributed by atoms with Crippen LogP contribution in [0.15, 0.2) is 0 Å². The molecule has 0 aliphatic carbocycles. The summed E-state index contributed by atoms with van der Waals surface area (Å²) in [5.41, 5.74) is 5.00. The van der Waals surface area contributed by atoms with E-state index in [1.807, 2.05) is 0 Å². The molecule has 4 heteroatoms. The summed E-state index contributed by atoms with van der Waals surface area (Å²) in [6, 6.07) is 0. The maximum absolute atomic E-state index is 10.4. The molecule has 0 aromatic rings. The van der Waals surface area contributed by atoms with Gasteiger partial charge in [0.2, 0.25) is 5.91 Å². The molecule has 2 N–H and O–H groups in total. The Kier molecular flexibility index (Phi) is 10.1. The summed E-state index contributed by atoms with van der Waals surface area (Å²) < 4.78 is 0. The summed E-state index contributed by atoms with van der Waals surface area (Å²) in [5.74, 6) is 0.569. The van der Waals surface area contributed by atoms with E-state index in [4.69, 9.17) is 17.3 Å². The van der Waals surface area contributed by atoms with E-state index in [0.29, 0.717) is 12.3 Å². The fourth-order valence-corrected chi connectivity index (χ4v) is 1.19. The molecular formula is C7H15Cl2NO. The highest BCUT2D eigenvalue weighted by Crippen LogP contribution is 2.11. The lowest BCUT2D eigenvalue weighted by Crippen LogP contribution is -2.17. The Balaban J connectivity index is 0. The molecular weight excluding hydrogens is 185 g/mol. The van der Waals surface area contributed by atoms with Crippen molar-refractivity contribution in [2.75, 3.05) is 5.88 Å². The molecule has 11 heavy (non-hydrogen) atoms. The molecule has 0 aliphatic rings. The number of carbonyl (C=O) groups excluding carboxylic acids is 1. The zero-order chi connectivity index (χ0) is 7.98. The van der Waals surface area contributed by atoms with Crippen LogP contribution >= 0.6 is 24.0 Å². The van der Waals surface area contributed by atoms with Gasteiger partial charge in [-0.1, -0.05) is 13.3 Å². The molecule has 0 unspecified atom stereocenters. The summed E-state index contributed by atoms with van der Waals surface area (Å²) in [4.78, 5) is 10.4. The molecule has 2 nitrogen and oxygen atoms in total. The van der Waals surface area contributed by atoms with Gasteiger partial charge in [0.1, 0.15) is 0 Å². The van der Waals surface area contributed by atoms with E-state index in [0.717, 1.165) is 12.8 Å². The normalized spacial score (nSPS) is 11.8. The number of halogens is 2. The number of carbonyl (C=O) groups is 1. The SMILES string of the molecule is CCC[C@@H](CCl)CC(N)=O.Cl. The largest absolute Gasteiger partial charge is 0.370 e. The summed E-state index contributed by atoms with van der Waals surface area (Å²) in [5, 5.41) is 0. The highest BCUT2D eigenvalue weighted by molar-refractivity contribution is 6.18. The lowest BCUT2D eigenvalue weighted by Gasteiger charge is -2.08. The number of primary amides is 1. The zero-order valence-electron chi connectivity index (χ0n) is 6.68. The van der Waals surface area contributed by atoms with Crippen molar-refractivity contribution in [3.05, 3.63) is 0 Å². The van der Waals surface area contributed by atoms with E-state index >= 15 is 0 Å². The molecule has 0 spiro atoms.